The first-order valence-corrected chi connectivity index (χ1v) is 5.07. The minimum Gasteiger partial charge on any atom is -0.494 e. The SMILES string of the molecule is N#Cc1ccc(OCCCCC(=O)O)cc1. The molecular formula is C12H13NO3. The molecule has 0 aromatic heterocycles. The van der Waals surface area contributed by atoms with Crippen molar-refractivity contribution in [3.05, 3.63) is 29.8 Å². The van der Waals surface area contributed by atoms with Crippen LogP contribution in [0.25, 0.3) is 0 Å². The van der Waals surface area contributed by atoms with Gasteiger partial charge in [-0.1, -0.05) is 0 Å². The van der Waals surface area contributed by atoms with Crippen LogP contribution in [0.5, 0.6) is 5.75 Å². The highest BCUT2D eigenvalue weighted by molar-refractivity contribution is 5.66. The van der Waals surface area contributed by atoms with Crippen molar-refractivity contribution in [2.24, 2.45) is 0 Å². The zero-order valence-electron chi connectivity index (χ0n) is 8.85. The zero-order valence-corrected chi connectivity index (χ0v) is 8.85. The third-order valence-electron chi connectivity index (χ3n) is 2.04. The van der Waals surface area contributed by atoms with E-state index in [1.54, 1.807) is 24.3 Å². The van der Waals surface area contributed by atoms with E-state index in [1.165, 1.54) is 0 Å². The van der Waals surface area contributed by atoms with Crippen LogP contribution >= 0.6 is 0 Å². The fourth-order valence-electron chi connectivity index (χ4n) is 1.19. The summed E-state index contributed by atoms with van der Waals surface area (Å²) in [5, 5.41) is 17.0. The number of carboxylic acid groups (broad SMARTS) is 1. The van der Waals surface area contributed by atoms with E-state index in [0.717, 1.165) is 0 Å². The predicted molar refractivity (Wildman–Crippen MR) is 58.1 cm³/mol. The highest BCUT2D eigenvalue weighted by atomic mass is 16.5. The number of ether oxygens (including phenoxy) is 1. The van der Waals surface area contributed by atoms with E-state index in [9.17, 15) is 4.79 Å². The standard InChI is InChI=1S/C12H13NO3/c13-9-10-4-6-11(7-5-10)16-8-2-1-3-12(14)15/h4-7H,1-3,8H2,(H,14,15). The van der Waals surface area contributed by atoms with Gasteiger partial charge in [0.15, 0.2) is 0 Å². The summed E-state index contributed by atoms with van der Waals surface area (Å²) >= 11 is 0. The van der Waals surface area contributed by atoms with E-state index >= 15 is 0 Å². The van der Waals surface area contributed by atoms with Crippen LogP contribution < -0.4 is 4.74 Å². The number of aliphatic carboxylic acids is 1. The van der Waals surface area contributed by atoms with Crippen molar-refractivity contribution < 1.29 is 14.6 Å². The van der Waals surface area contributed by atoms with Crippen LogP contribution in [-0.4, -0.2) is 17.7 Å². The molecule has 1 N–H and O–H groups in total. The molecule has 0 saturated carbocycles. The lowest BCUT2D eigenvalue weighted by atomic mass is 10.2. The Kier molecular flexibility index (Phi) is 4.87. The van der Waals surface area contributed by atoms with Crippen molar-refractivity contribution in [2.45, 2.75) is 19.3 Å². The lowest BCUT2D eigenvalue weighted by molar-refractivity contribution is -0.137. The number of carbonyl (C=O) groups is 1. The normalized spacial score (nSPS) is 9.44. The summed E-state index contributed by atoms with van der Waals surface area (Å²) in [5.74, 6) is -0.0762. The molecule has 0 heterocycles. The smallest absolute Gasteiger partial charge is 0.303 e. The summed E-state index contributed by atoms with van der Waals surface area (Å²) in [6.45, 7) is 0.499. The first kappa shape index (κ1) is 12.1. The largest absolute Gasteiger partial charge is 0.494 e. The van der Waals surface area contributed by atoms with Crippen LogP contribution in [0.4, 0.5) is 0 Å². The van der Waals surface area contributed by atoms with Crippen LogP contribution in [0, 0.1) is 11.3 Å². The third kappa shape index (κ3) is 4.47. The number of rotatable bonds is 6. The Morgan fingerprint density at radius 2 is 2.00 bits per heavy atom. The molecule has 1 rings (SSSR count). The third-order valence-corrected chi connectivity index (χ3v) is 2.04. The Bertz CT molecular complexity index is 378. The van der Waals surface area contributed by atoms with Gasteiger partial charge in [-0.3, -0.25) is 4.79 Å². The van der Waals surface area contributed by atoms with Gasteiger partial charge >= 0.3 is 5.97 Å². The molecule has 0 radical (unpaired) electrons. The summed E-state index contributed by atoms with van der Waals surface area (Å²) in [7, 11) is 0. The van der Waals surface area contributed by atoms with Gasteiger partial charge in [-0.25, -0.2) is 0 Å². The van der Waals surface area contributed by atoms with Crippen LogP contribution in [0.3, 0.4) is 0 Å². The van der Waals surface area contributed by atoms with Crippen LogP contribution in [0.15, 0.2) is 24.3 Å². The number of hydrogen-bond acceptors (Lipinski definition) is 3. The quantitative estimate of drug-likeness (QED) is 0.744. The number of unbranched alkanes of at least 4 members (excludes halogenated alkanes) is 1. The van der Waals surface area contributed by atoms with Crippen LogP contribution in [0.1, 0.15) is 24.8 Å². The molecule has 84 valence electrons. The minimum absolute atomic E-state index is 0.177. The van der Waals surface area contributed by atoms with Gasteiger partial charge in [-0.05, 0) is 37.1 Å². The molecule has 0 atom stereocenters. The van der Waals surface area contributed by atoms with Crippen molar-refractivity contribution >= 4 is 5.97 Å². The topological polar surface area (TPSA) is 70.3 Å². The highest BCUT2D eigenvalue weighted by Gasteiger charge is 1.97. The summed E-state index contributed by atoms with van der Waals surface area (Å²) < 4.78 is 5.38. The van der Waals surface area contributed by atoms with Crippen LogP contribution in [0.2, 0.25) is 0 Å². The number of hydrogen-bond donors (Lipinski definition) is 1. The second-order valence-corrected chi connectivity index (χ2v) is 3.34. The lowest BCUT2D eigenvalue weighted by Crippen LogP contribution is -2.00. The number of nitriles is 1. The molecule has 0 bridgehead atoms. The maximum absolute atomic E-state index is 10.2. The monoisotopic (exact) mass is 219 g/mol. The second-order valence-electron chi connectivity index (χ2n) is 3.34. The lowest BCUT2D eigenvalue weighted by Gasteiger charge is -2.04. The van der Waals surface area contributed by atoms with E-state index < -0.39 is 5.97 Å². The van der Waals surface area contributed by atoms with Crippen molar-refractivity contribution in [1.82, 2.24) is 0 Å². The first-order valence-electron chi connectivity index (χ1n) is 5.07. The molecule has 16 heavy (non-hydrogen) atoms. The number of benzene rings is 1. The molecule has 4 nitrogen and oxygen atoms in total. The van der Waals surface area contributed by atoms with Gasteiger partial charge in [0.1, 0.15) is 5.75 Å². The first-order chi connectivity index (χ1) is 7.72. The Morgan fingerprint density at radius 3 is 2.56 bits per heavy atom. The second kappa shape index (κ2) is 6.46. The van der Waals surface area contributed by atoms with Gasteiger partial charge < -0.3 is 9.84 Å². The molecule has 1 aromatic carbocycles. The maximum atomic E-state index is 10.2. The summed E-state index contributed by atoms with van der Waals surface area (Å²) in [4.78, 5) is 10.2. The summed E-state index contributed by atoms with van der Waals surface area (Å²) in [5.41, 5.74) is 0.596. The van der Waals surface area contributed by atoms with Crippen molar-refractivity contribution in [2.75, 3.05) is 6.61 Å². The molecule has 0 amide bonds. The molecule has 0 aliphatic rings. The predicted octanol–water partition coefficient (Wildman–Crippen LogP) is 2.19. The molecule has 0 unspecified atom stereocenters. The van der Waals surface area contributed by atoms with E-state index in [4.69, 9.17) is 15.1 Å². The highest BCUT2D eigenvalue weighted by Crippen LogP contribution is 2.12. The average Bonchev–Trinajstić information content (AvgIpc) is 2.29. The van der Waals surface area contributed by atoms with Gasteiger partial charge in [0.25, 0.3) is 0 Å². The van der Waals surface area contributed by atoms with E-state index in [-0.39, 0.29) is 6.42 Å². The molecule has 1 aromatic rings. The number of carboxylic acids is 1. The van der Waals surface area contributed by atoms with Gasteiger partial charge in [0, 0.05) is 6.42 Å². The van der Waals surface area contributed by atoms with Gasteiger partial charge in [-0.2, -0.15) is 5.26 Å². The van der Waals surface area contributed by atoms with Crippen molar-refractivity contribution in [1.29, 1.82) is 5.26 Å². The average molecular weight is 219 g/mol. The van der Waals surface area contributed by atoms with Crippen molar-refractivity contribution in [3.63, 3.8) is 0 Å². The molecular weight excluding hydrogens is 206 g/mol. The van der Waals surface area contributed by atoms with E-state index in [0.29, 0.717) is 30.8 Å². The Hall–Kier alpha value is -2.02. The van der Waals surface area contributed by atoms with E-state index in [1.807, 2.05) is 6.07 Å². The fraction of sp³-hybridized carbons (Fsp3) is 0.333. The molecule has 0 saturated heterocycles. The number of nitrogens with zero attached hydrogens (tertiary/aromatic N) is 1. The van der Waals surface area contributed by atoms with Gasteiger partial charge in [-0.15, -0.1) is 0 Å². The fourth-order valence-corrected chi connectivity index (χ4v) is 1.19. The molecule has 0 aliphatic carbocycles. The zero-order chi connectivity index (χ0) is 11.8. The Morgan fingerprint density at radius 1 is 1.31 bits per heavy atom. The molecule has 0 spiro atoms. The Balaban J connectivity index is 2.22. The maximum Gasteiger partial charge on any atom is 0.303 e. The van der Waals surface area contributed by atoms with Gasteiger partial charge in [0.05, 0.1) is 18.2 Å². The molecule has 0 aliphatic heterocycles. The van der Waals surface area contributed by atoms with Gasteiger partial charge in [0.2, 0.25) is 0 Å². The molecule has 4 heteroatoms. The minimum atomic E-state index is -0.779. The summed E-state index contributed by atoms with van der Waals surface area (Å²) in [6, 6.07) is 8.86. The van der Waals surface area contributed by atoms with Crippen LogP contribution in [-0.2, 0) is 4.79 Å². The summed E-state index contributed by atoms with van der Waals surface area (Å²) in [6.07, 6.45) is 1.51. The molecule has 0 fully saturated rings. The van der Waals surface area contributed by atoms with Crippen molar-refractivity contribution in [3.8, 4) is 11.8 Å². The Labute approximate surface area is 94.1 Å². The van der Waals surface area contributed by atoms with E-state index in [2.05, 4.69) is 0 Å².